The lowest BCUT2D eigenvalue weighted by atomic mass is 9.77. The summed E-state index contributed by atoms with van der Waals surface area (Å²) in [7, 11) is 0. The maximum Gasteiger partial charge on any atom is 0.195 e. The summed E-state index contributed by atoms with van der Waals surface area (Å²) < 4.78 is 55.5. The van der Waals surface area contributed by atoms with Crippen molar-refractivity contribution < 1.29 is 17.6 Å². The number of allylic oxidation sites excluding steroid dienone is 2. The number of halogens is 4. The predicted octanol–water partition coefficient (Wildman–Crippen LogP) is 8.43. The Morgan fingerprint density at radius 2 is 1.64 bits per heavy atom. The van der Waals surface area contributed by atoms with Gasteiger partial charge in [-0.25, -0.2) is 17.6 Å². The first-order valence-corrected chi connectivity index (χ1v) is 11.5. The van der Waals surface area contributed by atoms with Crippen molar-refractivity contribution in [3.63, 3.8) is 0 Å². The van der Waals surface area contributed by atoms with Crippen LogP contribution in [-0.4, -0.2) is 0 Å². The first kappa shape index (κ1) is 23.1. The maximum atomic E-state index is 14.7. The Kier molecular flexibility index (Phi) is 7.18. The van der Waals surface area contributed by atoms with E-state index in [2.05, 4.69) is 24.0 Å². The van der Waals surface area contributed by atoms with Gasteiger partial charge in [0.2, 0.25) is 0 Å². The van der Waals surface area contributed by atoms with Gasteiger partial charge in [-0.05, 0) is 98.6 Å². The summed E-state index contributed by atoms with van der Waals surface area (Å²) >= 11 is 0. The fourth-order valence-electron chi connectivity index (χ4n) is 4.69. The molecule has 4 rings (SSSR count). The zero-order chi connectivity index (χ0) is 23.4. The molecule has 0 amide bonds. The molecule has 0 bridgehead atoms. The van der Waals surface area contributed by atoms with Crippen LogP contribution in [0.4, 0.5) is 17.6 Å². The van der Waals surface area contributed by atoms with Gasteiger partial charge in [0.1, 0.15) is 5.82 Å². The third-order valence-electron chi connectivity index (χ3n) is 6.60. The lowest BCUT2D eigenvalue weighted by molar-refractivity contribution is 0.311. The molecular weight excluding hydrogens is 424 g/mol. The summed E-state index contributed by atoms with van der Waals surface area (Å²) in [4.78, 5) is 0. The van der Waals surface area contributed by atoms with Crippen molar-refractivity contribution in [1.29, 1.82) is 0 Å². The van der Waals surface area contributed by atoms with Crippen LogP contribution in [0.3, 0.4) is 0 Å². The van der Waals surface area contributed by atoms with Gasteiger partial charge in [0.15, 0.2) is 17.5 Å². The summed E-state index contributed by atoms with van der Waals surface area (Å²) in [5, 5.41) is 0.182. The van der Waals surface area contributed by atoms with Crippen LogP contribution in [0.5, 0.6) is 0 Å². The molecule has 3 aromatic carbocycles. The lowest BCUT2D eigenvalue weighted by Gasteiger charge is -2.28. The minimum absolute atomic E-state index is 0.0217. The van der Waals surface area contributed by atoms with Crippen molar-refractivity contribution in [2.45, 2.75) is 51.4 Å². The lowest BCUT2D eigenvalue weighted by Crippen LogP contribution is -2.13. The Hall–Kier alpha value is -3.06. The van der Waals surface area contributed by atoms with E-state index >= 15 is 0 Å². The predicted molar refractivity (Wildman–Crippen MR) is 125 cm³/mol. The SMILES string of the molecule is C/C=C/CCC1CCC(c2ccc(C#Cc3ccc4c(F)c(F)c(F)cc4c3)c(F)c2)CC1. The topological polar surface area (TPSA) is 0 Å². The number of fused-ring (bicyclic) bond motifs is 1. The van der Waals surface area contributed by atoms with Gasteiger partial charge in [-0.1, -0.05) is 36.1 Å². The van der Waals surface area contributed by atoms with Gasteiger partial charge in [-0.15, -0.1) is 0 Å². The van der Waals surface area contributed by atoms with Crippen molar-refractivity contribution in [1.82, 2.24) is 0 Å². The summed E-state index contributed by atoms with van der Waals surface area (Å²) in [6.07, 6.45) is 11.2. The summed E-state index contributed by atoms with van der Waals surface area (Å²) in [6, 6.07) is 10.5. The van der Waals surface area contributed by atoms with Gasteiger partial charge in [-0.2, -0.15) is 0 Å². The second-order valence-electron chi connectivity index (χ2n) is 8.78. The van der Waals surface area contributed by atoms with Crippen molar-refractivity contribution in [2.75, 3.05) is 0 Å². The molecule has 0 unspecified atom stereocenters. The molecule has 0 heterocycles. The highest BCUT2D eigenvalue weighted by atomic mass is 19.2. The average Bonchev–Trinajstić information content (AvgIpc) is 2.82. The van der Waals surface area contributed by atoms with Crippen LogP contribution in [0.2, 0.25) is 0 Å². The van der Waals surface area contributed by atoms with E-state index in [4.69, 9.17) is 0 Å². The van der Waals surface area contributed by atoms with Crippen LogP contribution >= 0.6 is 0 Å². The quantitative estimate of drug-likeness (QED) is 0.162. The molecule has 170 valence electrons. The van der Waals surface area contributed by atoms with Gasteiger partial charge < -0.3 is 0 Å². The summed E-state index contributed by atoms with van der Waals surface area (Å²) in [5.74, 6) is 2.45. The molecule has 1 aliphatic rings. The molecular formula is C29H26F4. The first-order valence-electron chi connectivity index (χ1n) is 11.5. The number of benzene rings is 3. The van der Waals surface area contributed by atoms with Crippen LogP contribution < -0.4 is 0 Å². The summed E-state index contributed by atoms with van der Waals surface area (Å²) in [6.45, 7) is 2.05. The van der Waals surface area contributed by atoms with E-state index in [1.807, 2.05) is 13.0 Å². The minimum atomic E-state index is -1.49. The summed E-state index contributed by atoms with van der Waals surface area (Å²) in [5.41, 5.74) is 1.76. The second kappa shape index (κ2) is 10.3. The van der Waals surface area contributed by atoms with Gasteiger partial charge in [-0.3, -0.25) is 0 Å². The van der Waals surface area contributed by atoms with Gasteiger partial charge in [0.25, 0.3) is 0 Å². The normalized spacial score (nSPS) is 18.5. The zero-order valence-corrected chi connectivity index (χ0v) is 18.6. The molecule has 1 fully saturated rings. The van der Waals surface area contributed by atoms with Crippen LogP contribution in [0.25, 0.3) is 10.8 Å². The van der Waals surface area contributed by atoms with E-state index in [-0.39, 0.29) is 22.2 Å². The van der Waals surface area contributed by atoms with Crippen LogP contribution in [0.15, 0.2) is 54.6 Å². The maximum absolute atomic E-state index is 14.7. The van der Waals surface area contributed by atoms with E-state index in [9.17, 15) is 17.6 Å². The molecule has 0 radical (unpaired) electrons. The van der Waals surface area contributed by atoms with E-state index in [0.29, 0.717) is 11.5 Å². The Labute approximate surface area is 192 Å². The molecule has 33 heavy (non-hydrogen) atoms. The van der Waals surface area contributed by atoms with Crippen LogP contribution in [-0.2, 0) is 0 Å². The van der Waals surface area contributed by atoms with E-state index < -0.39 is 17.5 Å². The van der Waals surface area contributed by atoms with Gasteiger partial charge in [0, 0.05) is 10.9 Å². The monoisotopic (exact) mass is 450 g/mol. The van der Waals surface area contributed by atoms with Crippen LogP contribution in [0, 0.1) is 41.0 Å². The molecule has 0 N–H and O–H groups in total. The van der Waals surface area contributed by atoms with E-state index in [1.54, 1.807) is 12.1 Å². The Morgan fingerprint density at radius 1 is 0.848 bits per heavy atom. The van der Waals surface area contributed by atoms with E-state index in [0.717, 1.165) is 36.8 Å². The molecule has 3 aromatic rings. The molecule has 0 nitrogen and oxygen atoms in total. The molecule has 0 saturated heterocycles. The van der Waals surface area contributed by atoms with Crippen molar-refractivity contribution in [3.05, 3.63) is 94.6 Å². The zero-order valence-electron chi connectivity index (χ0n) is 18.6. The smallest absolute Gasteiger partial charge is 0.195 e. The largest absolute Gasteiger partial charge is 0.206 e. The van der Waals surface area contributed by atoms with Gasteiger partial charge in [0.05, 0.1) is 5.56 Å². The first-order chi connectivity index (χ1) is 16.0. The molecule has 1 saturated carbocycles. The molecule has 0 aromatic heterocycles. The number of hydrogen-bond acceptors (Lipinski definition) is 0. The third kappa shape index (κ3) is 5.30. The fraction of sp³-hybridized carbons (Fsp3) is 0.310. The van der Waals surface area contributed by atoms with Gasteiger partial charge >= 0.3 is 0 Å². The van der Waals surface area contributed by atoms with Crippen molar-refractivity contribution in [2.24, 2.45) is 5.92 Å². The average molecular weight is 451 g/mol. The highest BCUT2D eigenvalue weighted by Gasteiger charge is 2.22. The highest BCUT2D eigenvalue weighted by Crippen LogP contribution is 2.38. The number of rotatable bonds is 4. The Balaban J connectivity index is 1.46. The number of hydrogen-bond donors (Lipinski definition) is 0. The van der Waals surface area contributed by atoms with Crippen LogP contribution in [0.1, 0.15) is 68.1 Å². The Morgan fingerprint density at radius 3 is 2.36 bits per heavy atom. The van der Waals surface area contributed by atoms with Crippen molar-refractivity contribution >= 4 is 10.8 Å². The standard InChI is InChI=1S/C29H26F4/c1-2-3-4-5-19-6-10-21(11-7-19)23-14-13-22(26(30)17-23)12-8-20-9-15-25-24(16-20)18-27(31)29(33)28(25)32/h2-3,9,13-19,21H,4-7,10-11H2,1H3/b3-2+. The second-order valence-corrected chi connectivity index (χ2v) is 8.78. The minimum Gasteiger partial charge on any atom is -0.206 e. The fourth-order valence-corrected chi connectivity index (χ4v) is 4.69. The third-order valence-corrected chi connectivity index (χ3v) is 6.60. The molecule has 4 heteroatoms. The molecule has 1 aliphatic carbocycles. The molecule has 0 atom stereocenters. The molecule has 0 spiro atoms. The van der Waals surface area contributed by atoms with E-state index in [1.165, 1.54) is 37.5 Å². The van der Waals surface area contributed by atoms with Crippen molar-refractivity contribution in [3.8, 4) is 11.8 Å². The highest BCUT2D eigenvalue weighted by molar-refractivity contribution is 5.84. The Bertz CT molecular complexity index is 1240. The molecule has 0 aliphatic heterocycles.